The zero-order valence-electron chi connectivity index (χ0n) is 31.8. The Labute approximate surface area is 338 Å². The van der Waals surface area contributed by atoms with Crippen LogP contribution in [0.15, 0.2) is 231 Å². The topological polar surface area (TPSA) is 8.17 Å². The first-order valence-electron chi connectivity index (χ1n) is 19.9. The van der Waals surface area contributed by atoms with Crippen LogP contribution in [0.1, 0.15) is 0 Å². The molecule has 11 rings (SSSR count). The Morgan fingerprint density at radius 3 is 1.76 bits per heavy atom. The van der Waals surface area contributed by atoms with Gasteiger partial charge in [0.1, 0.15) is 0 Å². The average Bonchev–Trinajstić information content (AvgIpc) is 3.63. The summed E-state index contributed by atoms with van der Waals surface area (Å²) in [7, 11) is 0. The van der Waals surface area contributed by atoms with E-state index >= 15 is 0 Å². The summed E-state index contributed by atoms with van der Waals surface area (Å²) in [4.78, 5) is 2.42. The molecule has 272 valence electrons. The van der Waals surface area contributed by atoms with Crippen LogP contribution in [0.5, 0.6) is 0 Å². The lowest BCUT2D eigenvalue weighted by atomic mass is 9.97. The number of rotatable bonds is 7. The van der Waals surface area contributed by atoms with Crippen LogP contribution < -0.4 is 4.90 Å². The van der Waals surface area contributed by atoms with Crippen molar-refractivity contribution in [1.29, 1.82) is 0 Å². The van der Waals surface area contributed by atoms with Crippen molar-refractivity contribution in [2.24, 2.45) is 0 Å². The molecule has 0 bridgehead atoms. The third kappa shape index (κ3) is 5.74. The molecule has 2 nitrogen and oxygen atoms in total. The molecule has 0 aliphatic carbocycles. The minimum Gasteiger partial charge on any atom is -0.310 e. The van der Waals surface area contributed by atoms with Crippen LogP contribution in [0.2, 0.25) is 0 Å². The molecule has 1 heterocycles. The maximum absolute atomic E-state index is 2.47. The molecule has 0 aliphatic heterocycles. The number of aromatic nitrogens is 1. The van der Waals surface area contributed by atoms with Gasteiger partial charge in [-0.15, -0.1) is 0 Å². The molecule has 0 saturated heterocycles. The normalized spacial score (nSPS) is 11.4. The van der Waals surface area contributed by atoms with Gasteiger partial charge in [-0.05, 0) is 92.3 Å². The van der Waals surface area contributed by atoms with Crippen LogP contribution in [-0.4, -0.2) is 4.57 Å². The van der Waals surface area contributed by atoms with E-state index in [9.17, 15) is 0 Å². The van der Waals surface area contributed by atoms with Crippen LogP contribution in [0, 0.1) is 0 Å². The first-order valence-corrected chi connectivity index (χ1v) is 19.9. The van der Waals surface area contributed by atoms with E-state index in [4.69, 9.17) is 0 Å². The van der Waals surface area contributed by atoms with Gasteiger partial charge in [0.15, 0.2) is 0 Å². The first-order chi connectivity index (χ1) is 28.8. The van der Waals surface area contributed by atoms with Crippen LogP contribution in [0.3, 0.4) is 0 Å². The van der Waals surface area contributed by atoms with Crippen molar-refractivity contribution < 1.29 is 0 Å². The van der Waals surface area contributed by atoms with Gasteiger partial charge in [0.2, 0.25) is 0 Å². The summed E-state index contributed by atoms with van der Waals surface area (Å²) >= 11 is 0. The maximum atomic E-state index is 2.47. The van der Waals surface area contributed by atoms with Gasteiger partial charge in [0.05, 0.1) is 22.4 Å². The molecule has 11 aromatic rings. The summed E-state index contributed by atoms with van der Waals surface area (Å²) in [6.45, 7) is 0. The highest BCUT2D eigenvalue weighted by Crippen LogP contribution is 2.44. The van der Waals surface area contributed by atoms with E-state index in [1.165, 1.54) is 71.2 Å². The first kappa shape index (κ1) is 33.6. The summed E-state index contributed by atoms with van der Waals surface area (Å²) in [5, 5.41) is 7.42. The number of hydrogen-bond donors (Lipinski definition) is 0. The van der Waals surface area contributed by atoms with Gasteiger partial charge in [0, 0.05) is 33.3 Å². The summed E-state index contributed by atoms with van der Waals surface area (Å²) in [6.07, 6.45) is 0. The largest absolute Gasteiger partial charge is 0.310 e. The Morgan fingerprint density at radius 2 is 0.897 bits per heavy atom. The molecule has 2 heteroatoms. The highest BCUT2D eigenvalue weighted by atomic mass is 15.1. The molecule has 0 atom stereocenters. The van der Waals surface area contributed by atoms with E-state index in [-0.39, 0.29) is 0 Å². The fourth-order valence-electron chi connectivity index (χ4n) is 8.84. The van der Waals surface area contributed by atoms with Gasteiger partial charge in [-0.2, -0.15) is 0 Å². The molecule has 0 aliphatic rings. The molecule has 0 unspecified atom stereocenters. The van der Waals surface area contributed by atoms with E-state index in [0.717, 1.165) is 28.3 Å². The fraction of sp³-hybridized carbons (Fsp3) is 0. The standard InChI is InChI=1S/C56H38N2/c1-2-16-42(17-3-1)48-22-8-11-26-53(48)57(45-33-31-40(32-34-45)44-30-29-39-15-4-5-19-43(39)37-44)46-35-36-52-51-24-10-13-28-55(51)58(56(52)38-46)54-27-12-9-23-50(54)49-25-14-20-41-18-6-7-21-47(41)49/h1-38H. The fourth-order valence-corrected chi connectivity index (χ4v) is 8.84. The SMILES string of the molecule is c1ccc(-c2ccccc2N(c2ccc(-c3ccc4ccccc4c3)cc2)c2ccc3c4ccccc4n(-c4ccccc4-c4cccc5ccccc45)c3c2)cc1. The van der Waals surface area contributed by atoms with E-state index < -0.39 is 0 Å². The van der Waals surface area contributed by atoms with Crippen molar-refractivity contribution >= 4 is 60.4 Å². The van der Waals surface area contributed by atoms with Gasteiger partial charge in [-0.1, -0.05) is 182 Å². The van der Waals surface area contributed by atoms with Crippen molar-refractivity contribution in [3.63, 3.8) is 0 Å². The molecule has 1 aromatic heterocycles. The smallest absolute Gasteiger partial charge is 0.0562 e. The van der Waals surface area contributed by atoms with Crippen LogP contribution in [0.25, 0.3) is 82.4 Å². The van der Waals surface area contributed by atoms with Crippen LogP contribution in [-0.2, 0) is 0 Å². The Morgan fingerprint density at radius 1 is 0.293 bits per heavy atom. The summed E-state index contributed by atoms with van der Waals surface area (Å²) in [5.74, 6) is 0. The van der Waals surface area contributed by atoms with Crippen molar-refractivity contribution in [1.82, 2.24) is 4.57 Å². The van der Waals surface area contributed by atoms with Gasteiger partial charge < -0.3 is 9.47 Å². The van der Waals surface area contributed by atoms with Gasteiger partial charge in [-0.3, -0.25) is 0 Å². The van der Waals surface area contributed by atoms with E-state index in [1.54, 1.807) is 0 Å². The number of para-hydroxylation sites is 3. The van der Waals surface area contributed by atoms with Crippen LogP contribution >= 0.6 is 0 Å². The molecule has 58 heavy (non-hydrogen) atoms. The number of benzene rings is 10. The summed E-state index contributed by atoms with van der Waals surface area (Å²) < 4.78 is 2.47. The second-order valence-corrected chi connectivity index (χ2v) is 14.9. The second kappa shape index (κ2) is 14.1. The predicted octanol–water partition coefficient (Wildman–Crippen LogP) is 15.6. The average molecular weight is 739 g/mol. The second-order valence-electron chi connectivity index (χ2n) is 14.9. The number of hydrogen-bond acceptors (Lipinski definition) is 1. The molecule has 0 spiro atoms. The van der Waals surface area contributed by atoms with Gasteiger partial charge in [0.25, 0.3) is 0 Å². The molecule has 10 aromatic carbocycles. The van der Waals surface area contributed by atoms with E-state index in [2.05, 4.69) is 240 Å². The molecule has 0 saturated carbocycles. The molecular formula is C56H38N2. The molecule has 0 fully saturated rings. The Bertz CT molecular complexity index is 3280. The maximum Gasteiger partial charge on any atom is 0.0562 e. The lowest BCUT2D eigenvalue weighted by molar-refractivity contribution is 1.18. The summed E-state index contributed by atoms with van der Waals surface area (Å²) in [6, 6.07) is 83.8. The van der Waals surface area contributed by atoms with E-state index in [0.29, 0.717) is 0 Å². The van der Waals surface area contributed by atoms with E-state index in [1.807, 2.05) is 0 Å². The molecule has 0 amide bonds. The Hall–Kier alpha value is -7.68. The lowest BCUT2D eigenvalue weighted by Gasteiger charge is -2.28. The highest BCUT2D eigenvalue weighted by Gasteiger charge is 2.21. The number of nitrogens with zero attached hydrogens (tertiary/aromatic N) is 2. The zero-order chi connectivity index (χ0) is 38.4. The number of anilines is 3. The summed E-state index contributed by atoms with van der Waals surface area (Å²) in [5.41, 5.74) is 13.9. The highest BCUT2D eigenvalue weighted by molar-refractivity contribution is 6.11. The third-order valence-corrected chi connectivity index (χ3v) is 11.6. The zero-order valence-corrected chi connectivity index (χ0v) is 31.8. The minimum atomic E-state index is 1.08. The van der Waals surface area contributed by atoms with Crippen molar-refractivity contribution in [2.45, 2.75) is 0 Å². The quantitative estimate of drug-likeness (QED) is 0.158. The number of fused-ring (bicyclic) bond motifs is 5. The Balaban J connectivity index is 1.13. The molecule has 0 radical (unpaired) electrons. The lowest BCUT2D eigenvalue weighted by Crippen LogP contribution is -2.11. The predicted molar refractivity (Wildman–Crippen MR) is 247 cm³/mol. The van der Waals surface area contributed by atoms with Gasteiger partial charge >= 0.3 is 0 Å². The molecular weight excluding hydrogens is 701 g/mol. The molecule has 0 N–H and O–H groups in total. The van der Waals surface area contributed by atoms with Crippen molar-refractivity contribution in [3.05, 3.63) is 231 Å². The third-order valence-electron chi connectivity index (χ3n) is 11.6. The monoisotopic (exact) mass is 738 g/mol. The van der Waals surface area contributed by atoms with Crippen molar-refractivity contribution in [2.75, 3.05) is 4.90 Å². The van der Waals surface area contributed by atoms with Crippen LogP contribution in [0.4, 0.5) is 17.1 Å². The van der Waals surface area contributed by atoms with Crippen molar-refractivity contribution in [3.8, 4) is 39.1 Å². The Kier molecular flexibility index (Phi) is 8.19. The minimum absolute atomic E-state index is 1.08. The van der Waals surface area contributed by atoms with Gasteiger partial charge in [-0.25, -0.2) is 0 Å².